The third kappa shape index (κ3) is 3.05. The second-order valence-electron chi connectivity index (χ2n) is 5.23. The molecule has 1 aliphatic rings. The van der Waals surface area contributed by atoms with Gasteiger partial charge < -0.3 is 10.4 Å². The lowest BCUT2D eigenvalue weighted by atomic mass is 9.75. The molecule has 6 heteroatoms. The summed E-state index contributed by atoms with van der Waals surface area (Å²) in [4.78, 5) is 16.0. The lowest BCUT2D eigenvalue weighted by molar-refractivity contribution is -0.143. The number of rotatable bonds is 5. The topological polar surface area (TPSA) is 75.1 Å². The molecule has 2 N–H and O–H groups in total. The molecule has 0 unspecified atom stereocenters. The third-order valence-electron chi connectivity index (χ3n) is 4.08. The van der Waals surface area contributed by atoms with Gasteiger partial charge in [-0.2, -0.15) is 4.37 Å². The zero-order chi connectivity index (χ0) is 13.9. The van der Waals surface area contributed by atoms with Crippen molar-refractivity contribution in [3.8, 4) is 0 Å². The molecule has 0 bridgehead atoms. The molecule has 1 heterocycles. The molecule has 0 aromatic carbocycles. The number of carboxylic acid groups (broad SMARTS) is 1. The number of nitrogens with zero attached hydrogens (tertiary/aromatic N) is 2. The van der Waals surface area contributed by atoms with E-state index in [2.05, 4.69) is 21.6 Å². The van der Waals surface area contributed by atoms with Crippen LogP contribution in [0.15, 0.2) is 0 Å². The average Bonchev–Trinajstić information content (AvgIpc) is 2.87. The number of hydrogen-bond acceptors (Lipinski definition) is 5. The number of carbonyl (C=O) groups is 1. The highest BCUT2D eigenvalue weighted by atomic mass is 32.1. The first kappa shape index (κ1) is 14.2. The first-order valence-electron chi connectivity index (χ1n) is 6.93. The Labute approximate surface area is 117 Å². The molecule has 5 nitrogen and oxygen atoms in total. The molecular formula is C13H21N3O2S. The molecule has 1 saturated carbocycles. The van der Waals surface area contributed by atoms with Crippen LogP contribution in [0.3, 0.4) is 0 Å². The van der Waals surface area contributed by atoms with Crippen LogP contribution < -0.4 is 5.32 Å². The molecule has 19 heavy (non-hydrogen) atoms. The number of hydrogen-bond donors (Lipinski definition) is 2. The van der Waals surface area contributed by atoms with Crippen LogP contribution in [0, 0.1) is 5.92 Å². The normalized spacial score (nSPS) is 27.2. The Balaban J connectivity index is 2.10. The van der Waals surface area contributed by atoms with Crippen molar-refractivity contribution in [2.24, 2.45) is 5.92 Å². The van der Waals surface area contributed by atoms with Gasteiger partial charge in [0, 0.05) is 18.0 Å². The minimum atomic E-state index is -0.851. The van der Waals surface area contributed by atoms with Gasteiger partial charge in [0.25, 0.3) is 0 Å². The van der Waals surface area contributed by atoms with Gasteiger partial charge in [-0.3, -0.25) is 0 Å². The molecule has 0 amide bonds. The van der Waals surface area contributed by atoms with Crippen LogP contribution in [0.2, 0.25) is 0 Å². The average molecular weight is 283 g/mol. The van der Waals surface area contributed by atoms with Crippen LogP contribution in [-0.4, -0.2) is 26.0 Å². The highest BCUT2D eigenvalue weighted by Crippen LogP contribution is 2.36. The van der Waals surface area contributed by atoms with Crippen molar-refractivity contribution in [3.05, 3.63) is 5.82 Å². The summed E-state index contributed by atoms with van der Waals surface area (Å²) >= 11 is 1.25. The van der Waals surface area contributed by atoms with Crippen molar-refractivity contribution < 1.29 is 9.90 Å². The van der Waals surface area contributed by atoms with Gasteiger partial charge >= 0.3 is 5.97 Å². The largest absolute Gasteiger partial charge is 0.480 e. The van der Waals surface area contributed by atoms with E-state index in [-0.39, 0.29) is 0 Å². The Kier molecular flexibility index (Phi) is 4.39. The molecule has 1 aromatic rings. The molecule has 0 aliphatic heterocycles. The molecule has 106 valence electrons. The van der Waals surface area contributed by atoms with Gasteiger partial charge in [0.15, 0.2) is 0 Å². The van der Waals surface area contributed by atoms with E-state index in [1.54, 1.807) is 0 Å². The van der Waals surface area contributed by atoms with E-state index >= 15 is 0 Å². The van der Waals surface area contributed by atoms with Crippen LogP contribution in [0.25, 0.3) is 0 Å². The number of aliphatic carboxylic acids is 1. The summed E-state index contributed by atoms with van der Waals surface area (Å²) < 4.78 is 4.20. The van der Waals surface area contributed by atoms with E-state index in [0.29, 0.717) is 23.9 Å². The van der Waals surface area contributed by atoms with E-state index in [0.717, 1.165) is 31.5 Å². The number of aryl methyl sites for hydroxylation is 1. The van der Waals surface area contributed by atoms with E-state index < -0.39 is 11.5 Å². The van der Waals surface area contributed by atoms with Crippen molar-refractivity contribution >= 4 is 22.6 Å². The summed E-state index contributed by atoms with van der Waals surface area (Å²) in [6.45, 7) is 4.16. The predicted octanol–water partition coefficient (Wildman–Crippen LogP) is 2.94. The monoisotopic (exact) mass is 283 g/mol. The Morgan fingerprint density at radius 1 is 1.47 bits per heavy atom. The first-order valence-corrected chi connectivity index (χ1v) is 7.71. The maximum atomic E-state index is 11.6. The van der Waals surface area contributed by atoms with E-state index in [1.807, 2.05) is 6.92 Å². The van der Waals surface area contributed by atoms with Gasteiger partial charge in [-0.05, 0) is 31.6 Å². The molecule has 0 saturated heterocycles. The summed E-state index contributed by atoms with van der Waals surface area (Å²) in [5.74, 6) is 0.667. The molecule has 2 rings (SSSR count). The van der Waals surface area contributed by atoms with Crippen molar-refractivity contribution in [2.75, 3.05) is 5.32 Å². The molecule has 0 atom stereocenters. The maximum Gasteiger partial charge on any atom is 0.329 e. The molecule has 0 radical (unpaired) electrons. The maximum absolute atomic E-state index is 11.6. The van der Waals surface area contributed by atoms with Gasteiger partial charge in [-0.25, -0.2) is 9.78 Å². The lowest BCUT2D eigenvalue weighted by Crippen LogP contribution is -2.49. The summed E-state index contributed by atoms with van der Waals surface area (Å²) in [6, 6.07) is 0. The minimum absolute atomic E-state index is 0.634. The molecule has 1 aliphatic carbocycles. The number of nitrogens with one attached hydrogen (secondary N) is 1. The number of carboxylic acids is 1. The first-order chi connectivity index (χ1) is 9.09. The van der Waals surface area contributed by atoms with Crippen LogP contribution >= 0.6 is 11.5 Å². The predicted molar refractivity (Wildman–Crippen MR) is 75.5 cm³/mol. The fraction of sp³-hybridized carbons (Fsp3) is 0.769. The van der Waals surface area contributed by atoms with Gasteiger partial charge in [-0.15, -0.1) is 0 Å². The van der Waals surface area contributed by atoms with Crippen LogP contribution in [-0.2, 0) is 11.2 Å². The van der Waals surface area contributed by atoms with Gasteiger partial charge in [0.2, 0.25) is 5.13 Å². The Hall–Kier alpha value is -1.17. The van der Waals surface area contributed by atoms with Crippen LogP contribution in [0.4, 0.5) is 5.13 Å². The zero-order valence-corrected chi connectivity index (χ0v) is 12.3. The third-order valence-corrected chi connectivity index (χ3v) is 4.74. The smallest absolute Gasteiger partial charge is 0.329 e. The van der Waals surface area contributed by atoms with Gasteiger partial charge in [0.05, 0.1) is 0 Å². The summed E-state index contributed by atoms with van der Waals surface area (Å²) in [5.41, 5.74) is -0.851. The second-order valence-corrected chi connectivity index (χ2v) is 5.99. The van der Waals surface area contributed by atoms with Gasteiger partial charge in [-0.1, -0.05) is 20.3 Å². The standard InChI is InChI=1S/C13H21N3O2S/c1-3-9-5-7-13(8-6-9,11(17)18)15-12-14-10(4-2)16-19-12/h9H,3-8H2,1-2H3,(H,17,18)(H,14,15,16). The molecule has 1 fully saturated rings. The fourth-order valence-electron chi connectivity index (χ4n) is 2.62. The van der Waals surface area contributed by atoms with E-state index in [4.69, 9.17) is 0 Å². The highest BCUT2D eigenvalue weighted by molar-refractivity contribution is 7.09. The molecule has 1 aromatic heterocycles. The molecular weight excluding hydrogens is 262 g/mol. The zero-order valence-electron chi connectivity index (χ0n) is 11.5. The Morgan fingerprint density at radius 3 is 2.63 bits per heavy atom. The van der Waals surface area contributed by atoms with Gasteiger partial charge in [0.1, 0.15) is 11.4 Å². The summed E-state index contributed by atoms with van der Waals surface area (Å²) in [6.07, 6.45) is 5.18. The lowest BCUT2D eigenvalue weighted by Gasteiger charge is -2.37. The Bertz CT molecular complexity index is 439. The van der Waals surface area contributed by atoms with Crippen LogP contribution in [0.5, 0.6) is 0 Å². The van der Waals surface area contributed by atoms with Crippen molar-refractivity contribution in [1.82, 2.24) is 9.36 Å². The quantitative estimate of drug-likeness (QED) is 0.869. The van der Waals surface area contributed by atoms with E-state index in [9.17, 15) is 9.90 Å². The fourth-order valence-corrected chi connectivity index (χ4v) is 3.37. The second kappa shape index (κ2) is 5.86. The number of anilines is 1. The van der Waals surface area contributed by atoms with Crippen molar-refractivity contribution in [2.45, 2.75) is 57.9 Å². The summed E-state index contributed by atoms with van der Waals surface area (Å²) in [7, 11) is 0. The minimum Gasteiger partial charge on any atom is -0.480 e. The Morgan fingerprint density at radius 2 is 2.16 bits per heavy atom. The van der Waals surface area contributed by atoms with Crippen LogP contribution in [0.1, 0.15) is 51.8 Å². The van der Waals surface area contributed by atoms with E-state index in [1.165, 1.54) is 11.5 Å². The van der Waals surface area contributed by atoms with Crippen molar-refractivity contribution in [1.29, 1.82) is 0 Å². The summed E-state index contributed by atoms with van der Waals surface area (Å²) in [5, 5.41) is 13.3. The SMILES string of the molecule is CCc1nsc(NC2(C(=O)O)CCC(CC)CC2)n1. The highest BCUT2D eigenvalue weighted by Gasteiger charge is 2.42. The van der Waals surface area contributed by atoms with Crippen molar-refractivity contribution in [3.63, 3.8) is 0 Å². The number of aromatic nitrogens is 2. The molecule has 0 spiro atoms.